The second kappa shape index (κ2) is 8.59. The number of hydrogen-bond acceptors (Lipinski definition) is 6. The first-order valence-corrected chi connectivity index (χ1v) is 9.96. The molecule has 0 aliphatic carbocycles. The molecule has 0 fully saturated rings. The number of ether oxygens (including phenoxy) is 1. The lowest BCUT2D eigenvalue weighted by Gasteiger charge is -2.32. The number of halogens is 1. The van der Waals surface area contributed by atoms with Crippen molar-refractivity contribution in [3.8, 4) is 5.88 Å². The van der Waals surface area contributed by atoms with Gasteiger partial charge in [-0.05, 0) is 42.3 Å². The van der Waals surface area contributed by atoms with Gasteiger partial charge in [0.05, 0.1) is 18.2 Å². The van der Waals surface area contributed by atoms with Gasteiger partial charge in [-0.2, -0.15) is 4.98 Å². The molecule has 7 nitrogen and oxygen atoms in total. The Morgan fingerprint density at radius 1 is 1.27 bits per heavy atom. The fourth-order valence-corrected chi connectivity index (χ4v) is 3.65. The van der Waals surface area contributed by atoms with Gasteiger partial charge in [-0.15, -0.1) is 0 Å². The summed E-state index contributed by atoms with van der Waals surface area (Å²) in [4.78, 5) is 22.0. The second-order valence-electron chi connectivity index (χ2n) is 7.07. The van der Waals surface area contributed by atoms with E-state index in [1.165, 1.54) is 6.33 Å². The van der Waals surface area contributed by atoms with Crippen LogP contribution in [0.2, 0.25) is 5.02 Å². The van der Waals surface area contributed by atoms with Crippen molar-refractivity contribution in [2.75, 3.05) is 23.4 Å². The van der Waals surface area contributed by atoms with Gasteiger partial charge in [0.25, 0.3) is 0 Å². The van der Waals surface area contributed by atoms with Crippen molar-refractivity contribution in [1.29, 1.82) is 0 Å². The van der Waals surface area contributed by atoms with E-state index in [9.17, 15) is 4.79 Å². The van der Waals surface area contributed by atoms with Gasteiger partial charge in [0.1, 0.15) is 18.6 Å². The Kier molecular flexibility index (Phi) is 5.72. The zero-order valence-corrected chi connectivity index (χ0v) is 17.1. The summed E-state index contributed by atoms with van der Waals surface area (Å²) in [5, 5.41) is 13.2. The van der Waals surface area contributed by atoms with Crippen LogP contribution in [0.15, 0.2) is 54.9 Å². The molecule has 2 heterocycles. The van der Waals surface area contributed by atoms with E-state index in [1.807, 2.05) is 31.2 Å². The van der Waals surface area contributed by atoms with Crippen LogP contribution in [0.5, 0.6) is 5.88 Å². The molecule has 1 atom stereocenters. The van der Waals surface area contributed by atoms with Crippen molar-refractivity contribution in [3.63, 3.8) is 0 Å². The zero-order chi connectivity index (χ0) is 21.1. The van der Waals surface area contributed by atoms with Gasteiger partial charge < -0.3 is 20.1 Å². The zero-order valence-electron chi connectivity index (χ0n) is 16.4. The normalized spacial score (nSPS) is 13.9. The fraction of sp³-hybridized carbons (Fsp3) is 0.227. The summed E-state index contributed by atoms with van der Waals surface area (Å²) in [6.07, 6.45) is 1.48. The lowest BCUT2D eigenvalue weighted by Crippen LogP contribution is -2.33. The maximum Gasteiger partial charge on any atom is 0.335 e. The number of aromatic nitrogens is 2. The first-order valence-electron chi connectivity index (χ1n) is 9.58. The van der Waals surface area contributed by atoms with Crippen LogP contribution >= 0.6 is 11.6 Å². The third-order valence-corrected chi connectivity index (χ3v) is 5.21. The van der Waals surface area contributed by atoms with Crippen molar-refractivity contribution in [2.24, 2.45) is 0 Å². The number of anilines is 2. The molecule has 1 aromatic heterocycles. The third kappa shape index (κ3) is 4.31. The average molecular weight is 425 g/mol. The average Bonchev–Trinajstić information content (AvgIpc) is 2.74. The minimum Gasteiger partial charge on any atom is -0.478 e. The Balaban J connectivity index is 1.59. The number of hydrogen-bond donors (Lipinski definition) is 2. The van der Waals surface area contributed by atoms with Crippen LogP contribution in [-0.2, 0) is 6.54 Å². The molecule has 0 saturated heterocycles. The SMILES string of the molecule is C[C@H](Nc1ncnc2c1N(Cc1cccc(Cl)c1)CCO2)c1ccc(C(=O)O)cc1. The molecule has 0 amide bonds. The molecule has 1 aliphatic rings. The smallest absolute Gasteiger partial charge is 0.335 e. The molecule has 3 aromatic rings. The minimum absolute atomic E-state index is 0.0956. The lowest BCUT2D eigenvalue weighted by atomic mass is 10.1. The Morgan fingerprint density at radius 3 is 2.80 bits per heavy atom. The fourth-order valence-electron chi connectivity index (χ4n) is 3.44. The summed E-state index contributed by atoms with van der Waals surface area (Å²) in [5.41, 5.74) is 3.09. The number of fused-ring (bicyclic) bond motifs is 1. The molecule has 4 rings (SSSR count). The highest BCUT2D eigenvalue weighted by Gasteiger charge is 2.25. The highest BCUT2D eigenvalue weighted by molar-refractivity contribution is 6.30. The van der Waals surface area contributed by atoms with Crippen molar-refractivity contribution < 1.29 is 14.6 Å². The molecule has 30 heavy (non-hydrogen) atoms. The van der Waals surface area contributed by atoms with Gasteiger partial charge in [0, 0.05) is 11.6 Å². The predicted molar refractivity (Wildman–Crippen MR) is 115 cm³/mol. The standard InChI is InChI=1S/C22H21ClN4O3/c1-14(16-5-7-17(8-6-16)22(28)29)26-20-19-21(25-13-24-20)30-10-9-27(19)12-15-3-2-4-18(23)11-15/h2-8,11,13-14H,9-10,12H2,1H3,(H,28,29)(H,24,25,26)/t14-/m0/s1. The molecule has 154 valence electrons. The quantitative estimate of drug-likeness (QED) is 0.606. The Hall–Kier alpha value is -3.32. The molecule has 2 aromatic carbocycles. The Bertz CT molecular complexity index is 1060. The molecule has 0 bridgehead atoms. The maximum atomic E-state index is 11.1. The summed E-state index contributed by atoms with van der Waals surface area (Å²) >= 11 is 6.14. The highest BCUT2D eigenvalue weighted by atomic mass is 35.5. The van der Waals surface area contributed by atoms with Crippen LogP contribution < -0.4 is 15.0 Å². The molecule has 0 saturated carbocycles. The number of carboxylic acids is 1. The van der Waals surface area contributed by atoms with Gasteiger partial charge in [-0.1, -0.05) is 35.9 Å². The summed E-state index contributed by atoms with van der Waals surface area (Å²) in [6, 6.07) is 14.5. The van der Waals surface area contributed by atoms with E-state index in [-0.39, 0.29) is 11.6 Å². The first-order chi connectivity index (χ1) is 14.5. The molecular formula is C22H21ClN4O3. The topological polar surface area (TPSA) is 87.6 Å². The van der Waals surface area contributed by atoms with E-state index < -0.39 is 5.97 Å². The largest absolute Gasteiger partial charge is 0.478 e. The maximum absolute atomic E-state index is 11.1. The number of rotatable bonds is 6. The number of carboxylic acid groups (broad SMARTS) is 1. The number of benzene rings is 2. The van der Waals surface area contributed by atoms with Gasteiger partial charge in [0.15, 0.2) is 5.82 Å². The lowest BCUT2D eigenvalue weighted by molar-refractivity contribution is 0.0697. The summed E-state index contributed by atoms with van der Waals surface area (Å²) in [5.74, 6) is 0.256. The Labute approximate surface area is 179 Å². The van der Waals surface area contributed by atoms with E-state index >= 15 is 0 Å². The van der Waals surface area contributed by atoms with Crippen LogP contribution in [0.25, 0.3) is 0 Å². The van der Waals surface area contributed by atoms with Gasteiger partial charge in [0.2, 0.25) is 5.88 Å². The Morgan fingerprint density at radius 2 is 2.07 bits per heavy atom. The summed E-state index contributed by atoms with van der Waals surface area (Å²) in [7, 11) is 0. The minimum atomic E-state index is -0.944. The van der Waals surface area contributed by atoms with E-state index in [2.05, 4.69) is 20.2 Å². The highest BCUT2D eigenvalue weighted by Crippen LogP contribution is 2.37. The van der Waals surface area contributed by atoms with Crippen molar-refractivity contribution in [1.82, 2.24) is 9.97 Å². The summed E-state index contributed by atoms with van der Waals surface area (Å²) < 4.78 is 5.76. The van der Waals surface area contributed by atoms with Gasteiger partial charge in [-0.3, -0.25) is 0 Å². The number of nitrogens with one attached hydrogen (secondary N) is 1. The van der Waals surface area contributed by atoms with E-state index in [4.69, 9.17) is 21.4 Å². The van der Waals surface area contributed by atoms with Crippen LogP contribution in [-0.4, -0.2) is 34.2 Å². The van der Waals surface area contributed by atoms with Crippen LogP contribution in [0, 0.1) is 0 Å². The van der Waals surface area contributed by atoms with Gasteiger partial charge >= 0.3 is 5.97 Å². The molecule has 0 radical (unpaired) electrons. The second-order valence-corrected chi connectivity index (χ2v) is 7.51. The van der Waals surface area contributed by atoms with E-state index in [1.54, 1.807) is 24.3 Å². The third-order valence-electron chi connectivity index (χ3n) is 4.98. The molecule has 2 N–H and O–H groups in total. The van der Waals surface area contributed by atoms with Crippen LogP contribution in [0.4, 0.5) is 11.5 Å². The van der Waals surface area contributed by atoms with Crippen molar-refractivity contribution in [3.05, 3.63) is 76.6 Å². The number of carbonyl (C=O) groups is 1. The first kappa shape index (κ1) is 20.0. The van der Waals surface area contributed by atoms with Crippen molar-refractivity contribution >= 4 is 29.1 Å². The number of aromatic carboxylic acids is 1. The predicted octanol–water partition coefficient (Wildman–Crippen LogP) is 4.40. The monoisotopic (exact) mass is 424 g/mol. The van der Waals surface area contributed by atoms with Gasteiger partial charge in [-0.25, -0.2) is 9.78 Å². The number of nitrogens with zero attached hydrogens (tertiary/aromatic N) is 3. The van der Waals surface area contributed by atoms with Crippen molar-refractivity contribution in [2.45, 2.75) is 19.5 Å². The molecular weight excluding hydrogens is 404 g/mol. The molecule has 0 spiro atoms. The van der Waals surface area contributed by atoms with Crippen LogP contribution in [0.1, 0.15) is 34.5 Å². The molecule has 8 heteroatoms. The molecule has 0 unspecified atom stereocenters. The van der Waals surface area contributed by atoms with E-state index in [0.29, 0.717) is 36.4 Å². The van der Waals surface area contributed by atoms with E-state index in [0.717, 1.165) is 16.8 Å². The van der Waals surface area contributed by atoms with Crippen LogP contribution in [0.3, 0.4) is 0 Å². The molecule has 1 aliphatic heterocycles. The summed E-state index contributed by atoms with van der Waals surface area (Å²) in [6.45, 7) is 3.88.